The van der Waals surface area contributed by atoms with Crippen LogP contribution in [0.4, 0.5) is 0 Å². The molecule has 21 heavy (non-hydrogen) atoms. The minimum Gasteiger partial charge on any atom is -0.337 e. The molecule has 0 spiro atoms. The Morgan fingerprint density at radius 1 is 1.14 bits per heavy atom. The molecule has 1 fully saturated rings. The third kappa shape index (κ3) is 3.16. The second-order valence-corrected chi connectivity index (χ2v) is 6.40. The Morgan fingerprint density at radius 2 is 1.81 bits per heavy atom. The van der Waals surface area contributed by atoms with Crippen LogP contribution in [0.5, 0.6) is 0 Å². The van der Waals surface area contributed by atoms with Gasteiger partial charge in [-0.05, 0) is 25.2 Å². The van der Waals surface area contributed by atoms with Gasteiger partial charge in [-0.15, -0.1) is 0 Å². The maximum atomic E-state index is 5.50. The van der Waals surface area contributed by atoms with E-state index in [1.165, 1.54) is 6.42 Å². The quantitative estimate of drug-likeness (QED) is 0.860. The van der Waals surface area contributed by atoms with Crippen molar-refractivity contribution in [1.82, 2.24) is 15.0 Å². The minimum absolute atomic E-state index is 0.181. The zero-order valence-electron chi connectivity index (χ0n) is 13.0. The molecule has 1 aromatic carbocycles. The molecule has 4 nitrogen and oxygen atoms in total. The molecule has 1 aliphatic heterocycles. The lowest BCUT2D eigenvalue weighted by Crippen LogP contribution is -2.40. The molecule has 0 N–H and O–H groups in total. The summed E-state index contributed by atoms with van der Waals surface area (Å²) in [6.45, 7) is 9.01. The first-order valence-electron chi connectivity index (χ1n) is 7.76. The van der Waals surface area contributed by atoms with Crippen molar-refractivity contribution in [2.45, 2.75) is 33.2 Å². The number of hydrogen-bond donors (Lipinski definition) is 0. The van der Waals surface area contributed by atoms with E-state index in [4.69, 9.17) is 4.52 Å². The van der Waals surface area contributed by atoms with Gasteiger partial charge in [-0.25, -0.2) is 0 Å². The fourth-order valence-corrected chi connectivity index (χ4v) is 3.29. The van der Waals surface area contributed by atoms with Crippen molar-refractivity contribution in [3.63, 3.8) is 0 Å². The summed E-state index contributed by atoms with van der Waals surface area (Å²) in [5.74, 6) is 2.85. The molecule has 0 bridgehead atoms. The van der Waals surface area contributed by atoms with Crippen molar-refractivity contribution in [3.05, 3.63) is 36.2 Å². The van der Waals surface area contributed by atoms with Crippen molar-refractivity contribution in [3.8, 4) is 11.4 Å². The summed E-state index contributed by atoms with van der Waals surface area (Å²) in [6, 6.07) is 10.2. The highest BCUT2D eigenvalue weighted by Gasteiger charge is 2.28. The first-order chi connectivity index (χ1) is 10.1. The van der Waals surface area contributed by atoms with Gasteiger partial charge in [-0.1, -0.05) is 49.3 Å². The van der Waals surface area contributed by atoms with Crippen LogP contribution in [-0.2, 0) is 0 Å². The summed E-state index contributed by atoms with van der Waals surface area (Å²) in [5.41, 5.74) is 1.00. The Kier molecular flexibility index (Phi) is 4.06. The molecule has 1 aliphatic rings. The van der Waals surface area contributed by atoms with Crippen molar-refractivity contribution in [2.75, 3.05) is 13.1 Å². The van der Waals surface area contributed by atoms with Crippen LogP contribution in [0.15, 0.2) is 34.9 Å². The van der Waals surface area contributed by atoms with E-state index >= 15 is 0 Å². The van der Waals surface area contributed by atoms with Crippen LogP contribution in [0.3, 0.4) is 0 Å². The number of hydrogen-bond acceptors (Lipinski definition) is 4. The second kappa shape index (κ2) is 5.98. The van der Waals surface area contributed by atoms with Crippen LogP contribution < -0.4 is 0 Å². The lowest BCUT2D eigenvalue weighted by Gasteiger charge is -2.37. The molecule has 0 saturated carbocycles. The first kappa shape index (κ1) is 14.3. The predicted molar refractivity (Wildman–Crippen MR) is 82.7 cm³/mol. The van der Waals surface area contributed by atoms with E-state index in [9.17, 15) is 0 Å². The molecule has 0 aliphatic carbocycles. The lowest BCUT2D eigenvalue weighted by atomic mass is 9.91. The number of rotatable bonds is 3. The normalized spacial score (nSPS) is 24.9. The van der Waals surface area contributed by atoms with E-state index in [1.807, 2.05) is 30.3 Å². The van der Waals surface area contributed by atoms with Crippen LogP contribution in [-0.4, -0.2) is 28.1 Å². The van der Waals surface area contributed by atoms with Crippen LogP contribution in [0.25, 0.3) is 11.4 Å². The van der Waals surface area contributed by atoms with Crippen LogP contribution in [0.2, 0.25) is 0 Å². The zero-order valence-corrected chi connectivity index (χ0v) is 13.0. The summed E-state index contributed by atoms with van der Waals surface area (Å²) >= 11 is 0. The number of piperidine rings is 1. The molecule has 4 heteroatoms. The van der Waals surface area contributed by atoms with Gasteiger partial charge in [0.1, 0.15) is 0 Å². The maximum Gasteiger partial charge on any atom is 0.244 e. The van der Waals surface area contributed by atoms with E-state index in [-0.39, 0.29) is 6.04 Å². The highest BCUT2D eigenvalue weighted by atomic mass is 16.5. The average molecular weight is 285 g/mol. The van der Waals surface area contributed by atoms with Crippen LogP contribution >= 0.6 is 0 Å². The summed E-state index contributed by atoms with van der Waals surface area (Å²) in [6.07, 6.45) is 1.31. The zero-order chi connectivity index (χ0) is 14.8. The highest BCUT2D eigenvalue weighted by molar-refractivity contribution is 5.53. The van der Waals surface area contributed by atoms with E-state index in [2.05, 4.69) is 35.8 Å². The molecule has 2 aromatic rings. The average Bonchev–Trinajstić information content (AvgIpc) is 2.96. The van der Waals surface area contributed by atoms with Gasteiger partial charge in [0.25, 0.3) is 0 Å². The van der Waals surface area contributed by atoms with E-state index in [0.29, 0.717) is 5.82 Å². The largest absolute Gasteiger partial charge is 0.337 e. The Hall–Kier alpha value is -1.68. The molecule has 0 radical (unpaired) electrons. The first-order valence-corrected chi connectivity index (χ1v) is 7.76. The predicted octanol–water partition coefficient (Wildman–Crippen LogP) is 3.78. The number of aromatic nitrogens is 2. The highest BCUT2D eigenvalue weighted by Crippen LogP contribution is 2.29. The fraction of sp³-hybridized carbons (Fsp3) is 0.529. The monoisotopic (exact) mass is 285 g/mol. The molecule has 2 heterocycles. The fourth-order valence-electron chi connectivity index (χ4n) is 3.29. The minimum atomic E-state index is 0.181. The topological polar surface area (TPSA) is 42.2 Å². The van der Waals surface area contributed by atoms with Crippen LogP contribution in [0.1, 0.15) is 39.1 Å². The van der Waals surface area contributed by atoms with Crippen molar-refractivity contribution >= 4 is 0 Å². The Balaban J connectivity index is 1.76. The number of likely N-dealkylation sites (tertiary alicyclic amines) is 1. The molecule has 3 unspecified atom stereocenters. The summed E-state index contributed by atoms with van der Waals surface area (Å²) < 4.78 is 5.50. The summed E-state index contributed by atoms with van der Waals surface area (Å²) in [4.78, 5) is 7.05. The van der Waals surface area contributed by atoms with Gasteiger partial charge in [0.05, 0.1) is 6.04 Å². The molecule has 3 rings (SSSR count). The van der Waals surface area contributed by atoms with Gasteiger partial charge in [-0.2, -0.15) is 4.98 Å². The van der Waals surface area contributed by atoms with Gasteiger partial charge in [0.15, 0.2) is 0 Å². The van der Waals surface area contributed by atoms with E-state index < -0.39 is 0 Å². The standard InChI is InChI=1S/C17H23N3O/c1-12-9-13(2)11-20(10-12)14(3)17-18-16(19-21-17)15-7-5-4-6-8-15/h4-8,12-14H,9-11H2,1-3H3. The maximum absolute atomic E-state index is 5.50. The van der Waals surface area contributed by atoms with Crippen molar-refractivity contribution < 1.29 is 4.52 Å². The molecular formula is C17H23N3O. The summed E-state index contributed by atoms with van der Waals surface area (Å²) in [7, 11) is 0. The van der Waals surface area contributed by atoms with Gasteiger partial charge in [0, 0.05) is 18.7 Å². The van der Waals surface area contributed by atoms with Gasteiger partial charge >= 0.3 is 0 Å². The van der Waals surface area contributed by atoms with E-state index in [1.54, 1.807) is 0 Å². The van der Waals surface area contributed by atoms with Gasteiger partial charge in [0.2, 0.25) is 11.7 Å². The third-order valence-electron chi connectivity index (χ3n) is 4.28. The van der Waals surface area contributed by atoms with Gasteiger partial charge in [-0.3, -0.25) is 4.90 Å². The lowest BCUT2D eigenvalue weighted by molar-refractivity contribution is 0.0866. The molecule has 1 saturated heterocycles. The number of benzene rings is 1. The molecular weight excluding hydrogens is 262 g/mol. The summed E-state index contributed by atoms with van der Waals surface area (Å²) in [5, 5.41) is 4.13. The Labute approximate surface area is 126 Å². The molecule has 3 atom stereocenters. The van der Waals surface area contributed by atoms with Crippen molar-refractivity contribution in [1.29, 1.82) is 0 Å². The molecule has 1 aromatic heterocycles. The molecule has 0 amide bonds. The number of nitrogens with zero attached hydrogens (tertiary/aromatic N) is 3. The Morgan fingerprint density at radius 3 is 2.48 bits per heavy atom. The van der Waals surface area contributed by atoms with Crippen LogP contribution in [0, 0.1) is 11.8 Å². The second-order valence-electron chi connectivity index (χ2n) is 6.40. The third-order valence-corrected chi connectivity index (χ3v) is 4.28. The Bertz CT molecular complexity index is 571. The van der Waals surface area contributed by atoms with Gasteiger partial charge < -0.3 is 4.52 Å². The SMILES string of the molecule is CC1CC(C)CN(C(C)c2nc(-c3ccccc3)no2)C1. The molecule has 112 valence electrons. The smallest absolute Gasteiger partial charge is 0.244 e. The van der Waals surface area contributed by atoms with E-state index in [0.717, 1.165) is 36.4 Å². The van der Waals surface area contributed by atoms with Crippen molar-refractivity contribution in [2.24, 2.45) is 11.8 Å².